The Labute approximate surface area is 108 Å². The van der Waals surface area contributed by atoms with Crippen LogP contribution in [-0.4, -0.2) is 12.3 Å². The van der Waals surface area contributed by atoms with Gasteiger partial charge in [0, 0.05) is 12.5 Å². The molecule has 0 saturated heterocycles. The van der Waals surface area contributed by atoms with Crippen LogP contribution in [0.15, 0.2) is 65.8 Å². The van der Waals surface area contributed by atoms with Crippen molar-refractivity contribution in [2.24, 2.45) is 11.0 Å². The SMILES string of the molecule is C[C@@H]1CN(c2ccccc2)N=C1c1ccccc1. The van der Waals surface area contributed by atoms with Gasteiger partial charge < -0.3 is 0 Å². The summed E-state index contributed by atoms with van der Waals surface area (Å²) in [6.07, 6.45) is 0. The van der Waals surface area contributed by atoms with Crippen molar-refractivity contribution in [3.05, 3.63) is 66.2 Å². The summed E-state index contributed by atoms with van der Waals surface area (Å²) >= 11 is 0. The molecule has 0 spiro atoms. The summed E-state index contributed by atoms with van der Waals surface area (Å²) in [5.74, 6) is 0.465. The van der Waals surface area contributed by atoms with E-state index < -0.39 is 0 Å². The smallest absolute Gasteiger partial charge is 0.0728 e. The largest absolute Gasteiger partial charge is 0.265 e. The first-order valence-electron chi connectivity index (χ1n) is 6.31. The number of nitrogens with zero attached hydrogens (tertiary/aromatic N) is 2. The number of rotatable bonds is 2. The number of benzene rings is 2. The molecule has 0 unspecified atom stereocenters. The minimum absolute atomic E-state index is 0.465. The molecule has 0 aromatic heterocycles. The summed E-state index contributed by atoms with van der Waals surface area (Å²) in [5, 5.41) is 6.85. The molecular formula is C16H16N2. The van der Waals surface area contributed by atoms with Crippen LogP contribution in [0.1, 0.15) is 12.5 Å². The van der Waals surface area contributed by atoms with Gasteiger partial charge in [-0.05, 0) is 17.7 Å². The van der Waals surface area contributed by atoms with Crippen LogP contribution in [0.25, 0.3) is 0 Å². The van der Waals surface area contributed by atoms with E-state index in [-0.39, 0.29) is 0 Å². The van der Waals surface area contributed by atoms with E-state index in [1.165, 1.54) is 11.3 Å². The molecule has 1 aliphatic rings. The van der Waals surface area contributed by atoms with Crippen molar-refractivity contribution in [2.75, 3.05) is 11.6 Å². The Morgan fingerprint density at radius 1 is 0.944 bits per heavy atom. The zero-order chi connectivity index (χ0) is 12.4. The van der Waals surface area contributed by atoms with Gasteiger partial charge in [0.2, 0.25) is 0 Å². The second kappa shape index (κ2) is 4.65. The maximum absolute atomic E-state index is 4.76. The molecule has 2 heteroatoms. The second-order valence-corrected chi connectivity index (χ2v) is 4.67. The highest BCUT2D eigenvalue weighted by Crippen LogP contribution is 2.24. The van der Waals surface area contributed by atoms with Gasteiger partial charge in [0.05, 0.1) is 11.4 Å². The lowest BCUT2D eigenvalue weighted by Crippen LogP contribution is -2.16. The summed E-state index contributed by atoms with van der Waals surface area (Å²) in [6.45, 7) is 3.18. The van der Waals surface area contributed by atoms with Gasteiger partial charge >= 0.3 is 0 Å². The molecule has 0 N–H and O–H groups in total. The molecule has 0 fully saturated rings. The van der Waals surface area contributed by atoms with Crippen LogP contribution in [0, 0.1) is 5.92 Å². The first kappa shape index (κ1) is 11.0. The van der Waals surface area contributed by atoms with Crippen LogP contribution >= 0.6 is 0 Å². The Kier molecular flexibility index (Phi) is 2.85. The fraction of sp³-hybridized carbons (Fsp3) is 0.188. The lowest BCUT2D eigenvalue weighted by Gasteiger charge is -2.13. The summed E-state index contributed by atoms with van der Waals surface area (Å²) in [5.41, 5.74) is 3.57. The normalized spacial score (nSPS) is 18.8. The molecule has 2 aromatic rings. The monoisotopic (exact) mass is 236 g/mol. The van der Waals surface area contributed by atoms with E-state index >= 15 is 0 Å². The van der Waals surface area contributed by atoms with Crippen molar-refractivity contribution in [1.29, 1.82) is 0 Å². The molecule has 0 aliphatic carbocycles. The van der Waals surface area contributed by atoms with Crippen LogP contribution in [0.4, 0.5) is 5.69 Å². The van der Waals surface area contributed by atoms with E-state index in [9.17, 15) is 0 Å². The average molecular weight is 236 g/mol. The lowest BCUT2D eigenvalue weighted by atomic mass is 9.99. The molecule has 2 aromatic carbocycles. The predicted octanol–water partition coefficient (Wildman–Crippen LogP) is 3.55. The molecule has 90 valence electrons. The van der Waals surface area contributed by atoms with E-state index in [1.54, 1.807) is 0 Å². The number of hydrogen-bond acceptors (Lipinski definition) is 2. The van der Waals surface area contributed by atoms with E-state index in [2.05, 4.69) is 60.5 Å². The van der Waals surface area contributed by atoms with Crippen molar-refractivity contribution in [3.63, 3.8) is 0 Å². The van der Waals surface area contributed by atoms with Gasteiger partial charge in [-0.3, -0.25) is 5.01 Å². The van der Waals surface area contributed by atoms with E-state index in [0.29, 0.717) is 5.92 Å². The van der Waals surface area contributed by atoms with Gasteiger partial charge in [-0.15, -0.1) is 0 Å². The Balaban J connectivity index is 1.93. The number of hydrazone groups is 1. The summed E-state index contributed by atoms with van der Waals surface area (Å²) in [4.78, 5) is 0. The zero-order valence-electron chi connectivity index (χ0n) is 10.5. The molecule has 1 atom stereocenters. The molecule has 3 rings (SSSR count). The highest BCUT2D eigenvalue weighted by Gasteiger charge is 2.24. The molecule has 0 radical (unpaired) electrons. The molecule has 1 heterocycles. The van der Waals surface area contributed by atoms with Crippen molar-refractivity contribution >= 4 is 11.4 Å². The molecule has 1 aliphatic heterocycles. The third-order valence-electron chi connectivity index (χ3n) is 3.27. The molecule has 2 nitrogen and oxygen atoms in total. The minimum atomic E-state index is 0.465. The van der Waals surface area contributed by atoms with E-state index in [1.807, 2.05) is 12.1 Å². The first-order chi connectivity index (χ1) is 8.84. The highest BCUT2D eigenvalue weighted by molar-refractivity contribution is 6.04. The maximum atomic E-state index is 4.76. The van der Waals surface area contributed by atoms with Crippen LogP contribution in [-0.2, 0) is 0 Å². The fourth-order valence-corrected chi connectivity index (χ4v) is 2.33. The standard InChI is InChI=1S/C16H16N2/c1-13-12-18(15-10-6-3-7-11-15)17-16(13)14-8-4-2-5-9-14/h2-11,13H,12H2,1H3/t13-/m1/s1. The van der Waals surface area contributed by atoms with Crippen LogP contribution < -0.4 is 5.01 Å². The topological polar surface area (TPSA) is 15.6 Å². The quantitative estimate of drug-likeness (QED) is 0.778. The van der Waals surface area contributed by atoms with Crippen molar-refractivity contribution in [3.8, 4) is 0 Å². The third kappa shape index (κ3) is 2.02. The van der Waals surface area contributed by atoms with Crippen LogP contribution in [0.5, 0.6) is 0 Å². The minimum Gasteiger partial charge on any atom is -0.265 e. The Morgan fingerprint density at radius 2 is 1.56 bits per heavy atom. The maximum Gasteiger partial charge on any atom is 0.0728 e. The molecule has 18 heavy (non-hydrogen) atoms. The third-order valence-corrected chi connectivity index (χ3v) is 3.27. The number of anilines is 1. The van der Waals surface area contributed by atoms with Crippen LogP contribution in [0.3, 0.4) is 0 Å². The molecular weight excluding hydrogens is 220 g/mol. The van der Waals surface area contributed by atoms with Crippen molar-refractivity contribution < 1.29 is 0 Å². The van der Waals surface area contributed by atoms with Gasteiger partial charge in [0.1, 0.15) is 0 Å². The van der Waals surface area contributed by atoms with E-state index in [0.717, 1.165) is 12.2 Å². The van der Waals surface area contributed by atoms with Gasteiger partial charge in [0.15, 0.2) is 0 Å². The lowest BCUT2D eigenvalue weighted by molar-refractivity contribution is 0.776. The summed E-state index contributed by atoms with van der Waals surface area (Å²) in [7, 11) is 0. The van der Waals surface area contributed by atoms with Gasteiger partial charge in [-0.1, -0.05) is 55.5 Å². The van der Waals surface area contributed by atoms with E-state index in [4.69, 9.17) is 5.10 Å². The van der Waals surface area contributed by atoms with Crippen molar-refractivity contribution in [2.45, 2.75) is 6.92 Å². The fourth-order valence-electron chi connectivity index (χ4n) is 2.33. The second-order valence-electron chi connectivity index (χ2n) is 4.67. The zero-order valence-corrected chi connectivity index (χ0v) is 10.5. The predicted molar refractivity (Wildman–Crippen MR) is 75.9 cm³/mol. The number of hydrogen-bond donors (Lipinski definition) is 0. The van der Waals surface area contributed by atoms with Crippen molar-refractivity contribution in [1.82, 2.24) is 0 Å². The summed E-state index contributed by atoms with van der Waals surface area (Å²) < 4.78 is 0. The molecule has 0 saturated carbocycles. The van der Waals surface area contributed by atoms with Gasteiger partial charge in [0.25, 0.3) is 0 Å². The van der Waals surface area contributed by atoms with Crippen LogP contribution in [0.2, 0.25) is 0 Å². The summed E-state index contributed by atoms with van der Waals surface area (Å²) in [6, 6.07) is 20.8. The van der Waals surface area contributed by atoms with Gasteiger partial charge in [-0.25, -0.2) is 0 Å². The Morgan fingerprint density at radius 3 is 2.22 bits per heavy atom. The highest BCUT2D eigenvalue weighted by atomic mass is 15.5. The molecule has 0 bridgehead atoms. The van der Waals surface area contributed by atoms with Gasteiger partial charge in [-0.2, -0.15) is 5.10 Å². The first-order valence-corrected chi connectivity index (χ1v) is 6.31. The Hall–Kier alpha value is -2.09. The number of para-hydroxylation sites is 1. The molecule has 0 amide bonds. The Bertz CT molecular complexity index is 546. The average Bonchev–Trinajstić information content (AvgIpc) is 2.83.